The third-order valence-corrected chi connectivity index (χ3v) is 2.61. The van der Waals surface area contributed by atoms with Gasteiger partial charge in [0.1, 0.15) is 0 Å². The molecule has 1 rings (SSSR count). The molecule has 0 radical (unpaired) electrons. The second-order valence-electron chi connectivity index (χ2n) is 4.25. The van der Waals surface area contributed by atoms with Crippen molar-refractivity contribution in [1.29, 1.82) is 0 Å². The van der Waals surface area contributed by atoms with Gasteiger partial charge in [-0.05, 0) is 17.5 Å². The van der Waals surface area contributed by atoms with Crippen LogP contribution in [0.4, 0.5) is 0 Å². The Bertz CT molecular complexity index is 310. The highest BCUT2D eigenvalue weighted by Gasteiger charge is 2.22. The summed E-state index contributed by atoms with van der Waals surface area (Å²) in [7, 11) is 0. The number of hydrogen-bond donors (Lipinski definition) is 2. The summed E-state index contributed by atoms with van der Waals surface area (Å²) in [6, 6.07) is 7.97. The first-order valence-corrected chi connectivity index (χ1v) is 5.06. The fraction of sp³-hybridized carbons (Fsp3) is 0.385. The van der Waals surface area contributed by atoms with Crippen molar-refractivity contribution >= 4 is 6.08 Å². The van der Waals surface area contributed by atoms with E-state index in [-0.39, 0.29) is 13.2 Å². The summed E-state index contributed by atoms with van der Waals surface area (Å²) in [6.07, 6.45) is 2.47. The molecular weight excluding hydrogens is 188 g/mol. The third-order valence-electron chi connectivity index (χ3n) is 2.61. The molecule has 0 spiro atoms. The van der Waals surface area contributed by atoms with Gasteiger partial charge in [-0.3, -0.25) is 0 Å². The number of hydrogen-bond acceptors (Lipinski definition) is 2. The van der Waals surface area contributed by atoms with Gasteiger partial charge in [0.2, 0.25) is 0 Å². The second-order valence-corrected chi connectivity index (χ2v) is 4.25. The Morgan fingerprint density at radius 1 is 1.20 bits per heavy atom. The first kappa shape index (κ1) is 12.0. The summed E-state index contributed by atoms with van der Waals surface area (Å²) in [5, 5.41) is 18.3. The van der Waals surface area contributed by atoms with Crippen LogP contribution >= 0.6 is 0 Å². The molecular formula is C13H18O2. The van der Waals surface area contributed by atoms with E-state index < -0.39 is 5.41 Å². The highest BCUT2D eigenvalue weighted by Crippen LogP contribution is 2.21. The van der Waals surface area contributed by atoms with Crippen molar-refractivity contribution in [2.45, 2.75) is 13.3 Å². The van der Waals surface area contributed by atoms with Crippen molar-refractivity contribution < 1.29 is 10.2 Å². The van der Waals surface area contributed by atoms with Gasteiger partial charge in [0.05, 0.1) is 13.2 Å². The molecule has 0 atom stereocenters. The van der Waals surface area contributed by atoms with Crippen LogP contribution < -0.4 is 0 Å². The monoisotopic (exact) mass is 206 g/mol. The van der Waals surface area contributed by atoms with E-state index in [9.17, 15) is 10.2 Å². The first-order chi connectivity index (χ1) is 7.13. The summed E-state index contributed by atoms with van der Waals surface area (Å²) in [6.45, 7) is 5.54. The molecule has 2 nitrogen and oxygen atoms in total. The Labute approximate surface area is 90.9 Å². The maximum Gasteiger partial charge on any atom is 0.0509 e. The summed E-state index contributed by atoms with van der Waals surface area (Å²) in [4.78, 5) is 0. The molecule has 0 aliphatic carbocycles. The van der Waals surface area contributed by atoms with Crippen LogP contribution in [0.25, 0.3) is 6.08 Å². The minimum Gasteiger partial charge on any atom is -0.396 e. The van der Waals surface area contributed by atoms with Crippen LogP contribution in [-0.4, -0.2) is 23.4 Å². The van der Waals surface area contributed by atoms with Gasteiger partial charge >= 0.3 is 0 Å². The van der Waals surface area contributed by atoms with Gasteiger partial charge in [-0.2, -0.15) is 0 Å². The van der Waals surface area contributed by atoms with E-state index in [1.165, 1.54) is 0 Å². The van der Waals surface area contributed by atoms with Gasteiger partial charge in [-0.15, -0.1) is 0 Å². The van der Waals surface area contributed by atoms with Gasteiger partial charge in [0.15, 0.2) is 0 Å². The predicted octanol–water partition coefficient (Wildman–Crippen LogP) is 1.86. The highest BCUT2D eigenvalue weighted by atomic mass is 16.3. The zero-order valence-corrected chi connectivity index (χ0v) is 9.11. The second kappa shape index (κ2) is 5.10. The maximum atomic E-state index is 9.17. The van der Waals surface area contributed by atoms with Crippen LogP contribution in [0.1, 0.15) is 18.1 Å². The highest BCUT2D eigenvalue weighted by molar-refractivity contribution is 5.47. The molecule has 0 aliphatic rings. The molecule has 0 bridgehead atoms. The Morgan fingerprint density at radius 2 is 1.73 bits per heavy atom. The molecule has 82 valence electrons. The molecule has 1 aromatic rings. The van der Waals surface area contributed by atoms with Gasteiger partial charge in [0.25, 0.3) is 0 Å². The number of benzene rings is 1. The van der Waals surface area contributed by atoms with E-state index in [1.807, 2.05) is 31.2 Å². The first-order valence-electron chi connectivity index (χ1n) is 5.06. The van der Waals surface area contributed by atoms with Gasteiger partial charge in [-0.25, -0.2) is 0 Å². The van der Waals surface area contributed by atoms with Gasteiger partial charge in [0, 0.05) is 5.41 Å². The Kier molecular flexibility index (Phi) is 4.06. The van der Waals surface area contributed by atoms with E-state index in [2.05, 4.69) is 6.58 Å². The van der Waals surface area contributed by atoms with Crippen molar-refractivity contribution in [1.82, 2.24) is 0 Å². The smallest absolute Gasteiger partial charge is 0.0509 e. The average molecular weight is 206 g/mol. The van der Waals surface area contributed by atoms with Crippen molar-refractivity contribution in [3.8, 4) is 0 Å². The van der Waals surface area contributed by atoms with Crippen molar-refractivity contribution in [3.63, 3.8) is 0 Å². The number of aliphatic hydroxyl groups is 2. The minimum atomic E-state index is -0.435. The van der Waals surface area contributed by atoms with E-state index in [1.54, 1.807) is 6.08 Å². The SMILES string of the molecule is C=Cc1ccc(CC(C)(CO)CO)cc1. The lowest BCUT2D eigenvalue weighted by molar-refractivity contribution is 0.0704. The Hall–Kier alpha value is -1.12. The minimum absolute atomic E-state index is 0.00723. The fourth-order valence-corrected chi connectivity index (χ4v) is 1.43. The number of aliphatic hydroxyl groups excluding tert-OH is 2. The van der Waals surface area contributed by atoms with Crippen molar-refractivity contribution in [2.24, 2.45) is 5.41 Å². The largest absolute Gasteiger partial charge is 0.396 e. The van der Waals surface area contributed by atoms with E-state index in [0.29, 0.717) is 6.42 Å². The van der Waals surface area contributed by atoms with Crippen molar-refractivity contribution in [3.05, 3.63) is 42.0 Å². The lowest BCUT2D eigenvalue weighted by Gasteiger charge is -2.24. The Balaban J connectivity index is 2.76. The van der Waals surface area contributed by atoms with Crippen LogP contribution in [0.3, 0.4) is 0 Å². The zero-order valence-electron chi connectivity index (χ0n) is 9.11. The van der Waals surface area contributed by atoms with Crippen LogP contribution in [0.5, 0.6) is 0 Å². The fourth-order valence-electron chi connectivity index (χ4n) is 1.43. The summed E-state index contributed by atoms with van der Waals surface area (Å²) >= 11 is 0. The van der Waals surface area contributed by atoms with Crippen LogP contribution in [-0.2, 0) is 6.42 Å². The van der Waals surface area contributed by atoms with Crippen molar-refractivity contribution in [2.75, 3.05) is 13.2 Å². The van der Waals surface area contributed by atoms with E-state index >= 15 is 0 Å². The topological polar surface area (TPSA) is 40.5 Å². The molecule has 2 N–H and O–H groups in total. The van der Waals surface area contributed by atoms with Crippen LogP contribution in [0, 0.1) is 5.41 Å². The van der Waals surface area contributed by atoms with Gasteiger partial charge < -0.3 is 10.2 Å². The lowest BCUT2D eigenvalue weighted by Crippen LogP contribution is -2.28. The van der Waals surface area contributed by atoms with E-state index in [4.69, 9.17) is 0 Å². The standard InChI is InChI=1S/C13H18O2/c1-3-11-4-6-12(7-5-11)8-13(2,9-14)10-15/h3-7,14-15H,1,8-10H2,2H3. The zero-order chi connectivity index (χ0) is 11.3. The quantitative estimate of drug-likeness (QED) is 0.772. The summed E-state index contributed by atoms with van der Waals surface area (Å²) in [5.74, 6) is 0. The predicted molar refractivity (Wildman–Crippen MR) is 62.5 cm³/mol. The third kappa shape index (κ3) is 3.18. The van der Waals surface area contributed by atoms with E-state index in [0.717, 1.165) is 11.1 Å². The molecule has 0 heterocycles. The molecule has 0 amide bonds. The average Bonchev–Trinajstić information content (AvgIpc) is 2.30. The Morgan fingerprint density at radius 3 is 2.13 bits per heavy atom. The maximum absolute atomic E-state index is 9.17. The molecule has 2 heteroatoms. The number of rotatable bonds is 5. The van der Waals surface area contributed by atoms with Gasteiger partial charge in [-0.1, -0.05) is 43.8 Å². The molecule has 0 aromatic heterocycles. The summed E-state index contributed by atoms with van der Waals surface area (Å²) < 4.78 is 0. The molecule has 0 aliphatic heterocycles. The molecule has 15 heavy (non-hydrogen) atoms. The van der Waals surface area contributed by atoms with Crippen LogP contribution in [0.2, 0.25) is 0 Å². The molecule has 0 saturated carbocycles. The van der Waals surface area contributed by atoms with Crippen LogP contribution in [0.15, 0.2) is 30.8 Å². The molecule has 0 saturated heterocycles. The normalized spacial score (nSPS) is 11.4. The molecule has 1 aromatic carbocycles. The molecule has 0 fully saturated rings. The lowest BCUT2D eigenvalue weighted by atomic mass is 9.85. The molecule has 0 unspecified atom stereocenters. The summed E-state index contributed by atoms with van der Waals surface area (Å²) in [5.41, 5.74) is 1.76.